The van der Waals surface area contributed by atoms with Gasteiger partial charge in [-0.25, -0.2) is 4.98 Å². The van der Waals surface area contributed by atoms with Gasteiger partial charge in [0.2, 0.25) is 0 Å². The minimum Gasteiger partial charge on any atom is -0.312 e. The molecule has 0 atom stereocenters. The first-order valence-corrected chi connectivity index (χ1v) is 6.95. The van der Waals surface area contributed by atoms with Crippen LogP contribution in [0.15, 0.2) is 30.6 Å². The van der Waals surface area contributed by atoms with E-state index in [1.165, 1.54) is 24.0 Å². The highest BCUT2D eigenvalue weighted by Gasteiger charge is 2.23. The molecule has 0 radical (unpaired) electrons. The molecule has 3 rings (SSSR count). The van der Waals surface area contributed by atoms with E-state index in [0.29, 0.717) is 0 Å². The summed E-state index contributed by atoms with van der Waals surface area (Å²) in [5, 5.41) is 7.72. The minimum absolute atomic E-state index is 0.831. The Hall–Kier alpha value is -1.68. The summed E-state index contributed by atoms with van der Waals surface area (Å²) in [6, 6.07) is 8.95. The van der Waals surface area contributed by atoms with Gasteiger partial charge in [0.05, 0.1) is 0 Å². The number of hydrogen-bond acceptors (Lipinski definition) is 3. The lowest BCUT2D eigenvalue weighted by Crippen LogP contribution is -2.17. The molecule has 0 aliphatic heterocycles. The number of benzene rings is 1. The Bertz CT molecular complexity index is 543. The van der Waals surface area contributed by atoms with Crippen LogP contribution in [0, 0.1) is 0 Å². The Labute approximate surface area is 113 Å². The Morgan fingerprint density at radius 3 is 3.00 bits per heavy atom. The van der Waals surface area contributed by atoms with Gasteiger partial charge in [-0.2, -0.15) is 5.10 Å². The fraction of sp³-hybridized carbons (Fsp3) is 0.467. The molecule has 1 aliphatic carbocycles. The van der Waals surface area contributed by atoms with Crippen molar-refractivity contribution in [3.8, 4) is 0 Å². The van der Waals surface area contributed by atoms with E-state index in [4.69, 9.17) is 0 Å². The van der Waals surface area contributed by atoms with E-state index in [0.717, 1.165) is 31.3 Å². The summed E-state index contributed by atoms with van der Waals surface area (Å²) in [4.78, 5) is 4.22. The average Bonchev–Trinajstić information content (AvgIpc) is 3.19. The van der Waals surface area contributed by atoms with Crippen LogP contribution in [0.4, 0.5) is 0 Å². The Kier molecular flexibility index (Phi) is 3.60. The number of hydrogen-bond donors (Lipinski definition) is 1. The molecule has 4 heteroatoms. The number of nitrogens with zero attached hydrogens (tertiary/aromatic N) is 3. The molecule has 1 aromatic heterocycles. The standard InChI is InChI=1S/C15H20N4/c1-19-11-17-15(18-19)7-8-16-10-12-3-2-4-14(9-12)13-5-6-13/h2-4,9,11,13,16H,5-8,10H2,1H3. The third kappa shape index (κ3) is 3.41. The van der Waals surface area contributed by atoms with Crippen molar-refractivity contribution < 1.29 is 0 Å². The molecule has 1 aliphatic rings. The SMILES string of the molecule is Cn1cnc(CCNCc2cccc(C3CC3)c2)n1. The first-order chi connectivity index (χ1) is 9.31. The number of nitrogens with one attached hydrogen (secondary N) is 1. The van der Waals surface area contributed by atoms with Gasteiger partial charge in [-0.1, -0.05) is 24.3 Å². The van der Waals surface area contributed by atoms with E-state index < -0.39 is 0 Å². The molecule has 0 bridgehead atoms. The average molecular weight is 256 g/mol. The van der Waals surface area contributed by atoms with Crippen LogP contribution >= 0.6 is 0 Å². The summed E-state index contributed by atoms with van der Waals surface area (Å²) in [6.45, 7) is 1.84. The number of rotatable bonds is 6. The van der Waals surface area contributed by atoms with Crippen LogP contribution in [-0.4, -0.2) is 21.3 Å². The fourth-order valence-corrected chi connectivity index (χ4v) is 2.31. The minimum atomic E-state index is 0.831. The zero-order valence-corrected chi connectivity index (χ0v) is 11.3. The van der Waals surface area contributed by atoms with Gasteiger partial charge in [0.25, 0.3) is 0 Å². The van der Waals surface area contributed by atoms with Gasteiger partial charge in [0.15, 0.2) is 5.82 Å². The molecule has 1 N–H and O–H groups in total. The molecule has 1 heterocycles. The lowest BCUT2D eigenvalue weighted by Gasteiger charge is -2.05. The molecule has 0 spiro atoms. The van der Waals surface area contributed by atoms with Gasteiger partial charge in [-0.05, 0) is 29.9 Å². The quantitative estimate of drug-likeness (QED) is 0.804. The second kappa shape index (κ2) is 5.53. The van der Waals surface area contributed by atoms with Crippen LogP contribution in [0.5, 0.6) is 0 Å². The molecule has 1 fully saturated rings. The van der Waals surface area contributed by atoms with Crippen molar-refractivity contribution in [3.05, 3.63) is 47.5 Å². The second-order valence-electron chi connectivity index (χ2n) is 5.28. The van der Waals surface area contributed by atoms with E-state index in [1.807, 2.05) is 7.05 Å². The Morgan fingerprint density at radius 2 is 2.26 bits per heavy atom. The predicted molar refractivity (Wildman–Crippen MR) is 74.8 cm³/mol. The lowest BCUT2D eigenvalue weighted by atomic mass is 10.1. The molecule has 0 unspecified atom stereocenters. The normalized spacial score (nSPS) is 14.8. The van der Waals surface area contributed by atoms with Crippen LogP contribution in [-0.2, 0) is 20.0 Å². The first kappa shape index (κ1) is 12.4. The topological polar surface area (TPSA) is 42.7 Å². The molecule has 4 nitrogen and oxygen atoms in total. The van der Waals surface area contributed by atoms with Crippen LogP contribution in [0.25, 0.3) is 0 Å². The van der Waals surface area contributed by atoms with Crippen LogP contribution in [0.3, 0.4) is 0 Å². The highest BCUT2D eigenvalue weighted by atomic mass is 15.3. The van der Waals surface area contributed by atoms with Gasteiger partial charge in [-0.15, -0.1) is 0 Å². The van der Waals surface area contributed by atoms with E-state index in [9.17, 15) is 0 Å². The summed E-state index contributed by atoms with van der Waals surface area (Å²) in [6.07, 6.45) is 5.35. The van der Waals surface area contributed by atoms with Crippen molar-refractivity contribution in [2.75, 3.05) is 6.54 Å². The zero-order chi connectivity index (χ0) is 13.1. The highest BCUT2D eigenvalue weighted by molar-refractivity contribution is 5.29. The van der Waals surface area contributed by atoms with Crippen molar-refractivity contribution in [2.24, 2.45) is 7.05 Å². The van der Waals surface area contributed by atoms with Crippen molar-refractivity contribution >= 4 is 0 Å². The largest absolute Gasteiger partial charge is 0.312 e. The monoisotopic (exact) mass is 256 g/mol. The maximum Gasteiger partial charge on any atom is 0.151 e. The highest BCUT2D eigenvalue weighted by Crippen LogP contribution is 2.40. The maximum atomic E-state index is 4.27. The smallest absolute Gasteiger partial charge is 0.151 e. The number of aryl methyl sites for hydroxylation is 1. The Morgan fingerprint density at radius 1 is 1.37 bits per heavy atom. The van der Waals surface area contributed by atoms with Gasteiger partial charge in [0.1, 0.15) is 6.33 Å². The molecule has 0 saturated heterocycles. The summed E-state index contributed by atoms with van der Waals surface area (Å²) >= 11 is 0. The Balaban J connectivity index is 1.45. The van der Waals surface area contributed by atoms with Gasteiger partial charge in [-0.3, -0.25) is 4.68 Å². The van der Waals surface area contributed by atoms with Crippen LogP contribution < -0.4 is 5.32 Å². The van der Waals surface area contributed by atoms with Gasteiger partial charge in [0, 0.05) is 26.6 Å². The summed E-state index contributed by atoms with van der Waals surface area (Å²) < 4.78 is 1.74. The van der Waals surface area contributed by atoms with E-state index >= 15 is 0 Å². The molecular formula is C15H20N4. The lowest BCUT2D eigenvalue weighted by molar-refractivity contribution is 0.660. The molecule has 2 aromatic rings. The van der Waals surface area contributed by atoms with Crippen LogP contribution in [0.1, 0.15) is 35.7 Å². The van der Waals surface area contributed by atoms with Crippen molar-refractivity contribution in [1.82, 2.24) is 20.1 Å². The summed E-state index contributed by atoms with van der Waals surface area (Å²) in [5.41, 5.74) is 2.88. The zero-order valence-electron chi connectivity index (χ0n) is 11.3. The molecule has 19 heavy (non-hydrogen) atoms. The summed E-state index contributed by atoms with van der Waals surface area (Å²) in [7, 11) is 1.90. The predicted octanol–water partition coefficient (Wildman–Crippen LogP) is 2.02. The van der Waals surface area contributed by atoms with Crippen molar-refractivity contribution in [1.29, 1.82) is 0 Å². The van der Waals surface area contributed by atoms with E-state index in [1.54, 1.807) is 11.0 Å². The third-order valence-electron chi connectivity index (χ3n) is 3.50. The van der Waals surface area contributed by atoms with E-state index in [-0.39, 0.29) is 0 Å². The maximum absolute atomic E-state index is 4.27. The molecule has 100 valence electrons. The molecule has 1 aromatic carbocycles. The van der Waals surface area contributed by atoms with Gasteiger partial charge >= 0.3 is 0 Å². The fourth-order valence-electron chi connectivity index (χ4n) is 2.31. The number of aromatic nitrogens is 3. The molecule has 1 saturated carbocycles. The van der Waals surface area contributed by atoms with Crippen LogP contribution in [0.2, 0.25) is 0 Å². The molecule has 0 amide bonds. The molecular weight excluding hydrogens is 236 g/mol. The first-order valence-electron chi connectivity index (χ1n) is 6.95. The van der Waals surface area contributed by atoms with E-state index in [2.05, 4.69) is 39.7 Å². The summed E-state index contributed by atoms with van der Waals surface area (Å²) in [5.74, 6) is 1.74. The second-order valence-corrected chi connectivity index (χ2v) is 5.28. The third-order valence-corrected chi connectivity index (χ3v) is 3.50. The van der Waals surface area contributed by atoms with Crippen molar-refractivity contribution in [3.63, 3.8) is 0 Å². The van der Waals surface area contributed by atoms with Crippen molar-refractivity contribution in [2.45, 2.75) is 31.7 Å². The van der Waals surface area contributed by atoms with Gasteiger partial charge < -0.3 is 5.32 Å².